The van der Waals surface area contributed by atoms with E-state index in [1.54, 1.807) is 0 Å². The van der Waals surface area contributed by atoms with Gasteiger partial charge in [-0.2, -0.15) is 10.4 Å². The molecule has 0 aliphatic rings. The number of H-pyrrole nitrogens is 1. The molecule has 0 unspecified atom stereocenters. The number of hydrogen-bond acceptors (Lipinski definition) is 3. The van der Waals surface area contributed by atoms with Gasteiger partial charge in [-0.05, 0) is 17.5 Å². The standard InChI is InChI=1S/C14H13N3O/c1-9(2)10-3-5-11(6-4-10)13-7-12(8-15)14(18)17-16-13/h3-7,9H,1-2H3,(H,17,18). The zero-order valence-electron chi connectivity index (χ0n) is 10.3. The first kappa shape index (κ1) is 12.1. The number of rotatable bonds is 2. The highest BCUT2D eigenvalue weighted by molar-refractivity contribution is 5.60. The second kappa shape index (κ2) is 4.84. The molecule has 0 spiro atoms. The Morgan fingerprint density at radius 3 is 2.50 bits per heavy atom. The van der Waals surface area contributed by atoms with E-state index in [4.69, 9.17) is 5.26 Å². The maximum Gasteiger partial charge on any atom is 0.282 e. The lowest BCUT2D eigenvalue weighted by molar-refractivity contribution is 0.867. The van der Waals surface area contributed by atoms with Crippen molar-refractivity contribution in [1.82, 2.24) is 10.2 Å². The summed E-state index contributed by atoms with van der Waals surface area (Å²) < 4.78 is 0. The van der Waals surface area contributed by atoms with E-state index in [1.807, 2.05) is 30.3 Å². The average molecular weight is 239 g/mol. The second-order valence-corrected chi connectivity index (χ2v) is 4.38. The van der Waals surface area contributed by atoms with Crippen molar-refractivity contribution >= 4 is 0 Å². The van der Waals surface area contributed by atoms with Crippen LogP contribution in [-0.2, 0) is 0 Å². The molecule has 0 aliphatic carbocycles. The molecule has 0 saturated heterocycles. The van der Waals surface area contributed by atoms with Crippen LogP contribution in [0, 0.1) is 11.3 Å². The maximum atomic E-state index is 11.2. The first-order valence-corrected chi connectivity index (χ1v) is 5.72. The SMILES string of the molecule is CC(C)c1ccc(-c2cc(C#N)c(=O)[nH]n2)cc1. The zero-order valence-corrected chi connectivity index (χ0v) is 10.3. The first-order chi connectivity index (χ1) is 8.61. The Bertz CT molecular complexity index is 648. The van der Waals surface area contributed by atoms with Crippen molar-refractivity contribution in [3.63, 3.8) is 0 Å². The third kappa shape index (κ3) is 2.30. The van der Waals surface area contributed by atoms with Gasteiger partial charge >= 0.3 is 0 Å². The minimum absolute atomic E-state index is 0.0768. The van der Waals surface area contributed by atoms with Crippen LogP contribution in [0.5, 0.6) is 0 Å². The molecule has 0 bridgehead atoms. The predicted octanol–water partition coefficient (Wildman–Crippen LogP) is 2.43. The minimum atomic E-state index is -0.458. The smallest absolute Gasteiger partial charge is 0.267 e. The van der Waals surface area contributed by atoms with Gasteiger partial charge in [-0.15, -0.1) is 0 Å². The molecule has 0 fully saturated rings. The molecule has 0 saturated carbocycles. The van der Waals surface area contributed by atoms with Crippen LogP contribution in [0.2, 0.25) is 0 Å². The van der Waals surface area contributed by atoms with Crippen LogP contribution < -0.4 is 5.56 Å². The molecule has 1 aromatic carbocycles. The van der Waals surface area contributed by atoms with E-state index in [0.29, 0.717) is 11.6 Å². The summed E-state index contributed by atoms with van der Waals surface area (Å²) in [6.07, 6.45) is 0. The lowest BCUT2D eigenvalue weighted by Gasteiger charge is -2.06. The van der Waals surface area contributed by atoms with Crippen LogP contribution in [0.25, 0.3) is 11.3 Å². The summed E-state index contributed by atoms with van der Waals surface area (Å²) in [6, 6.07) is 11.3. The molecule has 2 aromatic rings. The minimum Gasteiger partial charge on any atom is -0.267 e. The van der Waals surface area contributed by atoms with Crippen LogP contribution in [0.15, 0.2) is 35.1 Å². The maximum absolute atomic E-state index is 11.2. The molecule has 1 aromatic heterocycles. The number of hydrogen-bond donors (Lipinski definition) is 1. The van der Waals surface area contributed by atoms with Gasteiger partial charge in [0.15, 0.2) is 0 Å². The number of nitrogens with zero attached hydrogens (tertiary/aromatic N) is 2. The number of aromatic amines is 1. The molecular formula is C14H13N3O. The van der Waals surface area contributed by atoms with Gasteiger partial charge in [0.2, 0.25) is 0 Å². The van der Waals surface area contributed by atoms with Crippen molar-refractivity contribution in [3.8, 4) is 17.3 Å². The highest BCUT2D eigenvalue weighted by Gasteiger charge is 2.05. The fourth-order valence-electron chi connectivity index (χ4n) is 1.68. The normalized spacial score (nSPS) is 10.3. The third-order valence-electron chi connectivity index (χ3n) is 2.80. The quantitative estimate of drug-likeness (QED) is 0.875. The molecule has 0 radical (unpaired) electrons. The van der Waals surface area contributed by atoms with Crippen LogP contribution in [0.1, 0.15) is 30.9 Å². The highest BCUT2D eigenvalue weighted by Crippen LogP contribution is 2.20. The Hall–Kier alpha value is -2.41. The summed E-state index contributed by atoms with van der Waals surface area (Å²) in [4.78, 5) is 11.2. The molecule has 0 atom stereocenters. The zero-order chi connectivity index (χ0) is 13.1. The van der Waals surface area contributed by atoms with E-state index in [0.717, 1.165) is 5.56 Å². The summed E-state index contributed by atoms with van der Waals surface area (Å²) in [5, 5.41) is 15.1. The van der Waals surface area contributed by atoms with Crippen LogP contribution in [0.4, 0.5) is 0 Å². The highest BCUT2D eigenvalue weighted by atomic mass is 16.1. The summed E-state index contributed by atoms with van der Waals surface area (Å²) >= 11 is 0. The van der Waals surface area contributed by atoms with E-state index in [9.17, 15) is 4.79 Å². The van der Waals surface area contributed by atoms with Crippen molar-refractivity contribution in [1.29, 1.82) is 5.26 Å². The Balaban J connectivity index is 2.43. The van der Waals surface area contributed by atoms with Gasteiger partial charge in [-0.3, -0.25) is 4.79 Å². The molecule has 1 N–H and O–H groups in total. The Kier molecular flexibility index (Phi) is 3.24. The van der Waals surface area contributed by atoms with Gasteiger partial charge in [0.1, 0.15) is 11.6 Å². The van der Waals surface area contributed by atoms with Crippen molar-refractivity contribution < 1.29 is 0 Å². The van der Waals surface area contributed by atoms with E-state index in [-0.39, 0.29) is 5.56 Å². The van der Waals surface area contributed by atoms with Gasteiger partial charge in [0.25, 0.3) is 5.56 Å². The van der Waals surface area contributed by atoms with Crippen molar-refractivity contribution in [2.24, 2.45) is 0 Å². The largest absolute Gasteiger partial charge is 0.282 e. The van der Waals surface area contributed by atoms with Crippen molar-refractivity contribution in [2.75, 3.05) is 0 Å². The molecule has 18 heavy (non-hydrogen) atoms. The Labute approximate surface area is 105 Å². The fourth-order valence-corrected chi connectivity index (χ4v) is 1.68. The van der Waals surface area contributed by atoms with Gasteiger partial charge < -0.3 is 0 Å². The Morgan fingerprint density at radius 2 is 1.94 bits per heavy atom. The van der Waals surface area contributed by atoms with Crippen LogP contribution in [-0.4, -0.2) is 10.2 Å². The monoisotopic (exact) mass is 239 g/mol. The second-order valence-electron chi connectivity index (χ2n) is 4.38. The number of nitrogens with one attached hydrogen (secondary N) is 1. The van der Waals surface area contributed by atoms with E-state index in [1.165, 1.54) is 11.6 Å². The fraction of sp³-hybridized carbons (Fsp3) is 0.214. The van der Waals surface area contributed by atoms with E-state index in [2.05, 4.69) is 24.0 Å². The molecule has 90 valence electrons. The van der Waals surface area contributed by atoms with Gasteiger partial charge in [-0.25, -0.2) is 5.10 Å². The van der Waals surface area contributed by atoms with Crippen molar-refractivity contribution in [3.05, 3.63) is 51.8 Å². The number of aromatic nitrogens is 2. The first-order valence-electron chi connectivity index (χ1n) is 5.72. The predicted molar refractivity (Wildman–Crippen MR) is 69.1 cm³/mol. The molecule has 0 aliphatic heterocycles. The van der Waals surface area contributed by atoms with E-state index >= 15 is 0 Å². The third-order valence-corrected chi connectivity index (χ3v) is 2.80. The average Bonchev–Trinajstić information content (AvgIpc) is 2.39. The lowest BCUT2D eigenvalue weighted by atomic mass is 10.0. The molecular weight excluding hydrogens is 226 g/mol. The van der Waals surface area contributed by atoms with Crippen LogP contribution in [0.3, 0.4) is 0 Å². The van der Waals surface area contributed by atoms with Crippen molar-refractivity contribution in [2.45, 2.75) is 19.8 Å². The molecule has 4 heteroatoms. The Morgan fingerprint density at radius 1 is 1.28 bits per heavy atom. The van der Waals surface area contributed by atoms with Crippen LogP contribution >= 0.6 is 0 Å². The summed E-state index contributed by atoms with van der Waals surface area (Å²) in [5.41, 5.74) is 2.34. The summed E-state index contributed by atoms with van der Waals surface area (Å²) in [6.45, 7) is 4.25. The number of nitriles is 1. The van der Waals surface area contributed by atoms with Gasteiger partial charge in [0, 0.05) is 5.56 Å². The lowest BCUT2D eigenvalue weighted by Crippen LogP contribution is -2.11. The molecule has 1 heterocycles. The molecule has 2 rings (SSSR count). The van der Waals surface area contributed by atoms with Gasteiger partial charge in [-0.1, -0.05) is 38.1 Å². The molecule has 4 nitrogen and oxygen atoms in total. The van der Waals surface area contributed by atoms with E-state index < -0.39 is 5.56 Å². The molecule has 0 amide bonds. The number of benzene rings is 1. The van der Waals surface area contributed by atoms with Gasteiger partial charge in [0.05, 0.1) is 5.69 Å². The summed E-state index contributed by atoms with van der Waals surface area (Å²) in [7, 11) is 0. The summed E-state index contributed by atoms with van der Waals surface area (Å²) in [5.74, 6) is 0.470. The topological polar surface area (TPSA) is 69.5 Å².